The Balaban J connectivity index is 2.33. The Labute approximate surface area is 126 Å². The van der Waals surface area contributed by atoms with Crippen LogP contribution in [-0.2, 0) is 0 Å². The molecule has 0 aliphatic carbocycles. The molecule has 1 heterocycles. The summed E-state index contributed by atoms with van der Waals surface area (Å²) in [6.45, 7) is 6.35. The van der Waals surface area contributed by atoms with Gasteiger partial charge in [-0.3, -0.25) is 0 Å². The number of hydrogen-bond donors (Lipinski definition) is 0. The van der Waals surface area contributed by atoms with Crippen molar-refractivity contribution in [1.29, 1.82) is 0 Å². The summed E-state index contributed by atoms with van der Waals surface area (Å²) in [4.78, 5) is 7.01. The van der Waals surface area contributed by atoms with Crippen molar-refractivity contribution in [3.8, 4) is 0 Å². The average molecular weight is 286 g/mol. The minimum Gasteiger partial charge on any atom is -0.359 e. The molecule has 1 atom stereocenters. The van der Waals surface area contributed by atoms with E-state index in [2.05, 4.69) is 66.4 Å². The number of aliphatic imine (C=N–C) groups is 1. The van der Waals surface area contributed by atoms with Gasteiger partial charge in [0.25, 0.3) is 0 Å². The highest BCUT2D eigenvalue weighted by Crippen LogP contribution is 2.24. The van der Waals surface area contributed by atoms with E-state index in [4.69, 9.17) is 0 Å². The summed E-state index contributed by atoms with van der Waals surface area (Å²) in [6.07, 6.45) is 8.51. The Kier molecular flexibility index (Phi) is 5.48. The molecule has 20 heavy (non-hydrogen) atoms. The predicted molar refractivity (Wildman–Crippen MR) is 91.2 cm³/mol. The van der Waals surface area contributed by atoms with Crippen molar-refractivity contribution in [3.05, 3.63) is 54.2 Å². The summed E-state index contributed by atoms with van der Waals surface area (Å²) in [5, 5.41) is 0.306. The van der Waals surface area contributed by atoms with E-state index < -0.39 is 0 Å². The summed E-state index contributed by atoms with van der Waals surface area (Å²) in [7, 11) is 0. The highest BCUT2D eigenvalue weighted by molar-refractivity contribution is 8.00. The molecule has 0 aromatic heterocycles. The molecule has 2 nitrogen and oxygen atoms in total. The third-order valence-electron chi connectivity index (χ3n) is 3.49. The fraction of sp³-hybridized carbons (Fsp3) is 0.353. The van der Waals surface area contributed by atoms with Crippen LogP contribution in [0.3, 0.4) is 0 Å². The van der Waals surface area contributed by atoms with Crippen molar-refractivity contribution in [3.63, 3.8) is 0 Å². The lowest BCUT2D eigenvalue weighted by molar-refractivity contribution is 0.460. The normalized spacial score (nSPS) is 18.2. The van der Waals surface area contributed by atoms with Crippen LogP contribution in [-0.4, -0.2) is 35.3 Å². The molecular weight excluding hydrogens is 264 g/mol. The first kappa shape index (κ1) is 14.9. The zero-order chi connectivity index (χ0) is 14.4. The topological polar surface area (TPSA) is 15.6 Å². The first-order valence-electron chi connectivity index (χ1n) is 7.09. The fourth-order valence-corrected chi connectivity index (χ4v) is 3.07. The van der Waals surface area contributed by atoms with Crippen LogP contribution in [0.15, 0.2) is 53.7 Å². The third kappa shape index (κ3) is 3.34. The summed E-state index contributed by atoms with van der Waals surface area (Å²) in [6, 6.07) is 10.5. The highest BCUT2D eigenvalue weighted by Gasteiger charge is 2.19. The molecule has 0 saturated heterocycles. The summed E-state index contributed by atoms with van der Waals surface area (Å²) in [5.41, 5.74) is 2.50. The number of rotatable bonds is 4. The van der Waals surface area contributed by atoms with Gasteiger partial charge in [0.05, 0.1) is 5.25 Å². The summed E-state index contributed by atoms with van der Waals surface area (Å²) >= 11 is 1.84. The van der Waals surface area contributed by atoms with Crippen molar-refractivity contribution >= 4 is 23.2 Å². The van der Waals surface area contributed by atoms with Crippen LogP contribution in [0.1, 0.15) is 19.4 Å². The Morgan fingerprint density at radius 3 is 2.45 bits per heavy atom. The van der Waals surface area contributed by atoms with Gasteiger partial charge < -0.3 is 4.90 Å². The quantitative estimate of drug-likeness (QED) is 0.829. The lowest BCUT2D eigenvalue weighted by Crippen LogP contribution is -2.36. The summed E-state index contributed by atoms with van der Waals surface area (Å²) in [5.74, 6) is 1.16. The van der Waals surface area contributed by atoms with E-state index in [9.17, 15) is 0 Å². The van der Waals surface area contributed by atoms with Crippen molar-refractivity contribution in [2.75, 3.05) is 19.3 Å². The van der Waals surface area contributed by atoms with Gasteiger partial charge in [-0.25, -0.2) is 4.99 Å². The van der Waals surface area contributed by atoms with Crippen molar-refractivity contribution in [2.24, 2.45) is 4.99 Å². The number of allylic oxidation sites excluding steroid dienone is 2. The van der Waals surface area contributed by atoms with Gasteiger partial charge >= 0.3 is 0 Å². The molecule has 1 aromatic carbocycles. The molecule has 0 bridgehead atoms. The van der Waals surface area contributed by atoms with Gasteiger partial charge in [-0.1, -0.05) is 36.4 Å². The molecule has 0 spiro atoms. The monoisotopic (exact) mass is 286 g/mol. The maximum Gasteiger partial charge on any atom is 0.121 e. The fourth-order valence-electron chi connectivity index (χ4n) is 2.37. The smallest absolute Gasteiger partial charge is 0.121 e. The lowest BCUT2D eigenvalue weighted by Gasteiger charge is -2.26. The van der Waals surface area contributed by atoms with Gasteiger partial charge in [0.1, 0.15) is 5.84 Å². The molecule has 1 aromatic rings. The zero-order valence-electron chi connectivity index (χ0n) is 12.4. The number of benzene rings is 1. The third-order valence-corrected chi connectivity index (χ3v) is 4.35. The van der Waals surface area contributed by atoms with Gasteiger partial charge in [-0.15, -0.1) is 11.8 Å². The van der Waals surface area contributed by atoms with E-state index in [0.29, 0.717) is 5.25 Å². The second-order valence-electron chi connectivity index (χ2n) is 4.62. The molecular formula is C17H22N2S. The van der Waals surface area contributed by atoms with Gasteiger partial charge in [-0.05, 0) is 37.3 Å². The molecule has 3 heteroatoms. The molecule has 0 unspecified atom stereocenters. The first-order chi connectivity index (χ1) is 9.80. The maximum atomic E-state index is 4.68. The highest BCUT2D eigenvalue weighted by atomic mass is 32.2. The van der Waals surface area contributed by atoms with E-state index >= 15 is 0 Å². The second kappa shape index (κ2) is 7.34. The molecule has 0 radical (unpaired) electrons. The van der Waals surface area contributed by atoms with Crippen LogP contribution in [0.25, 0.3) is 5.57 Å². The molecule has 1 aliphatic heterocycles. The van der Waals surface area contributed by atoms with Crippen molar-refractivity contribution in [1.82, 2.24) is 4.90 Å². The van der Waals surface area contributed by atoms with Crippen molar-refractivity contribution < 1.29 is 0 Å². The number of nitrogens with zero attached hydrogens (tertiary/aromatic N) is 2. The molecule has 106 valence electrons. The standard InChI is InChI=1S/C17H22N2S/c1-4-19(5-2)17-16(20-3)13-15(11-12-18-17)14-9-7-6-8-10-14/h6-13,16H,4-5H2,1-3H3/t16-/m1/s1. The SMILES string of the molecule is CCN(CC)C1=NC=CC(c2ccccc2)=C[C@H]1SC. The maximum absolute atomic E-state index is 4.68. The van der Waals surface area contributed by atoms with Gasteiger partial charge in [0.15, 0.2) is 0 Å². The van der Waals surface area contributed by atoms with Crippen LogP contribution in [0.4, 0.5) is 0 Å². The van der Waals surface area contributed by atoms with Crippen LogP contribution >= 0.6 is 11.8 Å². The van der Waals surface area contributed by atoms with Gasteiger partial charge in [-0.2, -0.15) is 0 Å². The van der Waals surface area contributed by atoms with E-state index in [0.717, 1.165) is 18.9 Å². The molecule has 1 aliphatic rings. The van der Waals surface area contributed by atoms with E-state index in [1.165, 1.54) is 11.1 Å². The largest absolute Gasteiger partial charge is 0.359 e. The number of thioether (sulfide) groups is 1. The Bertz CT molecular complexity index is 513. The molecule has 0 fully saturated rings. The van der Waals surface area contributed by atoms with E-state index in [1.807, 2.05) is 24.0 Å². The minimum absolute atomic E-state index is 0.306. The number of hydrogen-bond acceptors (Lipinski definition) is 3. The van der Waals surface area contributed by atoms with Crippen molar-refractivity contribution in [2.45, 2.75) is 19.1 Å². The molecule has 0 amide bonds. The average Bonchev–Trinajstić information content (AvgIpc) is 2.72. The van der Waals surface area contributed by atoms with Gasteiger partial charge in [0.2, 0.25) is 0 Å². The van der Waals surface area contributed by atoms with Crippen LogP contribution in [0.2, 0.25) is 0 Å². The molecule has 0 N–H and O–H groups in total. The Morgan fingerprint density at radius 1 is 1.15 bits per heavy atom. The predicted octanol–water partition coefficient (Wildman–Crippen LogP) is 4.07. The Hall–Kier alpha value is -1.48. The summed E-state index contributed by atoms with van der Waals surface area (Å²) < 4.78 is 0. The molecule has 2 rings (SSSR count). The lowest BCUT2D eigenvalue weighted by atomic mass is 10.0. The minimum atomic E-state index is 0.306. The van der Waals surface area contributed by atoms with Crippen LogP contribution in [0, 0.1) is 0 Å². The Morgan fingerprint density at radius 2 is 1.85 bits per heavy atom. The molecule has 0 saturated carbocycles. The van der Waals surface area contributed by atoms with Crippen LogP contribution in [0.5, 0.6) is 0 Å². The second-order valence-corrected chi connectivity index (χ2v) is 5.60. The number of amidine groups is 1. The first-order valence-corrected chi connectivity index (χ1v) is 8.38. The van der Waals surface area contributed by atoms with Crippen LogP contribution < -0.4 is 0 Å². The van der Waals surface area contributed by atoms with E-state index in [-0.39, 0.29) is 0 Å². The zero-order valence-corrected chi connectivity index (χ0v) is 13.2. The van der Waals surface area contributed by atoms with E-state index in [1.54, 1.807) is 0 Å². The van der Waals surface area contributed by atoms with Gasteiger partial charge in [0, 0.05) is 19.3 Å².